The number of nitrogens with one attached hydrogen (secondary N) is 1. The molecule has 1 fully saturated rings. The zero-order chi connectivity index (χ0) is 27.7. The summed E-state index contributed by atoms with van der Waals surface area (Å²) in [6.45, 7) is 3.92. The number of amides is 2. The first kappa shape index (κ1) is 29.5. The van der Waals surface area contributed by atoms with E-state index in [0.29, 0.717) is 0 Å². The van der Waals surface area contributed by atoms with Crippen molar-refractivity contribution in [2.24, 2.45) is 0 Å². The number of carbonyl (C=O) groups excluding carboxylic acids is 3. The SMILES string of the molecule is COC(=O)/C=C/CNC(=O)CN(C)C(=O)CN(C1CCN(C(C)c2cccc3ccccc23)CC1)S(C)=O. The minimum Gasteiger partial charge on any atom is -0.466 e. The predicted molar refractivity (Wildman–Crippen MR) is 150 cm³/mol. The molecule has 1 aliphatic heterocycles. The van der Waals surface area contributed by atoms with Crippen molar-refractivity contribution in [3.8, 4) is 0 Å². The number of ether oxygens (including phenoxy) is 1. The first-order valence-electron chi connectivity index (χ1n) is 12.8. The van der Waals surface area contributed by atoms with Crippen LogP contribution >= 0.6 is 0 Å². The van der Waals surface area contributed by atoms with E-state index in [0.717, 1.165) is 25.9 Å². The first-order valence-corrected chi connectivity index (χ1v) is 14.3. The van der Waals surface area contributed by atoms with Gasteiger partial charge in [0.05, 0.1) is 31.2 Å². The van der Waals surface area contributed by atoms with E-state index in [-0.39, 0.29) is 43.5 Å². The van der Waals surface area contributed by atoms with Gasteiger partial charge in [0.1, 0.15) is 0 Å². The largest absolute Gasteiger partial charge is 0.466 e. The van der Waals surface area contributed by atoms with Gasteiger partial charge in [0, 0.05) is 51.1 Å². The van der Waals surface area contributed by atoms with Crippen molar-refractivity contribution in [3.63, 3.8) is 0 Å². The third-order valence-corrected chi connectivity index (χ3v) is 8.12. The van der Waals surface area contributed by atoms with Crippen LogP contribution in [0, 0.1) is 0 Å². The molecule has 3 rings (SSSR count). The zero-order valence-electron chi connectivity index (χ0n) is 22.6. The normalized spacial score (nSPS) is 16.4. The van der Waals surface area contributed by atoms with Crippen molar-refractivity contribution in [1.82, 2.24) is 19.4 Å². The van der Waals surface area contributed by atoms with Gasteiger partial charge in [-0.25, -0.2) is 13.3 Å². The number of hydrogen-bond acceptors (Lipinski definition) is 6. The van der Waals surface area contributed by atoms with Crippen LogP contribution in [0.1, 0.15) is 31.4 Å². The Kier molecular flexibility index (Phi) is 11.0. The summed E-state index contributed by atoms with van der Waals surface area (Å²) in [5.41, 5.74) is 1.30. The van der Waals surface area contributed by atoms with Gasteiger partial charge in [0.25, 0.3) is 0 Å². The van der Waals surface area contributed by atoms with Gasteiger partial charge in [-0.15, -0.1) is 0 Å². The maximum atomic E-state index is 12.9. The molecule has 2 aromatic rings. The smallest absolute Gasteiger partial charge is 0.330 e. The van der Waals surface area contributed by atoms with Gasteiger partial charge in [-0.3, -0.25) is 14.5 Å². The highest BCUT2D eigenvalue weighted by Gasteiger charge is 2.31. The van der Waals surface area contributed by atoms with Gasteiger partial charge in [-0.2, -0.15) is 0 Å². The predicted octanol–water partition coefficient (Wildman–Crippen LogP) is 2.26. The third kappa shape index (κ3) is 7.96. The molecule has 2 unspecified atom stereocenters. The summed E-state index contributed by atoms with van der Waals surface area (Å²) < 4.78 is 18.8. The Labute approximate surface area is 227 Å². The summed E-state index contributed by atoms with van der Waals surface area (Å²) in [5, 5.41) is 5.11. The number of piperidine rings is 1. The van der Waals surface area contributed by atoms with E-state index < -0.39 is 17.0 Å². The standard InChI is InChI=1S/C28H38N4O5S/c1-21(24-12-7-10-22-9-5-6-11-25(22)24)31-17-14-23(15-18-31)32(38(4)36)20-27(34)30(2)19-26(33)29-16-8-13-28(35)37-3/h5-13,21,23H,14-20H2,1-4H3,(H,29,33)/b13-8+. The molecular formula is C28H38N4O5S. The van der Waals surface area contributed by atoms with Crippen LogP contribution in [0.2, 0.25) is 0 Å². The van der Waals surface area contributed by atoms with Crippen molar-refractivity contribution >= 4 is 39.5 Å². The topological polar surface area (TPSA) is 99.3 Å². The highest BCUT2D eigenvalue weighted by molar-refractivity contribution is 7.81. The monoisotopic (exact) mass is 542 g/mol. The fourth-order valence-electron chi connectivity index (χ4n) is 4.81. The highest BCUT2D eigenvalue weighted by Crippen LogP contribution is 2.31. The average Bonchev–Trinajstić information content (AvgIpc) is 2.92. The van der Waals surface area contributed by atoms with Gasteiger partial charge >= 0.3 is 5.97 Å². The molecule has 0 radical (unpaired) electrons. The second kappa shape index (κ2) is 14.2. The fraction of sp³-hybridized carbons (Fsp3) is 0.464. The molecule has 0 aromatic heterocycles. The lowest BCUT2D eigenvalue weighted by atomic mass is 9.96. The lowest BCUT2D eigenvalue weighted by Crippen LogP contribution is -2.50. The quantitative estimate of drug-likeness (QED) is 0.346. The number of carbonyl (C=O) groups is 3. The molecular weight excluding hydrogens is 504 g/mol. The second-order valence-corrected chi connectivity index (χ2v) is 10.8. The average molecular weight is 543 g/mol. The molecule has 0 aliphatic carbocycles. The summed E-state index contributed by atoms with van der Waals surface area (Å²) in [6, 6.07) is 15.1. The van der Waals surface area contributed by atoms with Crippen molar-refractivity contribution in [3.05, 3.63) is 60.2 Å². The molecule has 0 saturated carbocycles. The lowest BCUT2D eigenvalue weighted by molar-refractivity contribution is -0.135. The Morgan fingerprint density at radius 1 is 1.13 bits per heavy atom. The van der Waals surface area contributed by atoms with Crippen LogP contribution in [0.15, 0.2) is 54.6 Å². The summed E-state index contributed by atoms with van der Waals surface area (Å²) in [6.07, 6.45) is 5.90. The molecule has 10 heteroatoms. The molecule has 0 spiro atoms. The van der Waals surface area contributed by atoms with Crippen LogP contribution in [0.3, 0.4) is 0 Å². The summed E-state index contributed by atoms with van der Waals surface area (Å²) in [5.74, 6) is -1.13. The number of hydrogen-bond donors (Lipinski definition) is 1. The van der Waals surface area contributed by atoms with Crippen LogP contribution in [0.4, 0.5) is 0 Å². The van der Waals surface area contributed by atoms with E-state index in [2.05, 4.69) is 64.3 Å². The number of fused-ring (bicyclic) bond motifs is 1. The van der Waals surface area contributed by atoms with Gasteiger partial charge in [-0.05, 0) is 36.1 Å². The van der Waals surface area contributed by atoms with Gasteiger partial charge in [-0.1, -0.05) is 48.5 Å². The van der Waals surface area contributed by atoms with Gasteiger partial charge in [0.2, 0.25) is 11.8 Å². The van der Waals surface area contributed by atoms with Crippen LogP contribution in [0.5, 0.6) is 0 Å². The fourth-order valence-corrected chi connectivity index (χ4v) is 5.73. The van der Waals surface area contributed by atoms with Crippen LogP contribution in [0.25, 0.3) is 10.8 Å². The van der Waals surface area contributed by atoms with Crippen LogP contribution in [-0.2, 0) is 30.1 Å². The van der Waals surface area contributed by atoms with Gasteiger partial charge in [0.15, 0.2) is 0 Å². The number of methoxy groups -OCH3 is 1. The Morgan fingerprint density at radius 3 is 2.50 bits per heavy atom. The van der Waals surface area contributed by atoms with E-state index in [9.17, 15) is 18.6 Å². The molecule has 206 valence electrons. The summed E-state index contributed by atoms with van der Waals surface area (Å²) in [4.78, 5) is 39.9. The number of benzene rings is 2. The van der Waals surface area contributed by atoms with Gasteiger partial charge < -0.3 is 15.0 Å². The van der Waals surface area contributed by atoms with E-state index in [1.165, 1.54) is 40.5 Å². The lowest BCUT2D eigenvalue weighted by Gasteiger charge is -2.40. The second-order valence-electron chi connectivity index (χ2n) is 9.49. The number of likely N-dealkylation sites (tertiary alicyclic amines) is 1. The Morgan fingerprint density at radius 2 is 1.82 bits per heavy atom. The first-order chi connectivity index (χ1) is 18.2. The highest BCUT2D eigenvalue weighted by atomic mass is 32.2. The number of rotatable bonds is 11. The summed E-state index contributed by atoms with van der Waals surface area (Å²) in [7, 11) is 1.50. The molecule has 1 heterocycles. The molecule has 1 aliphatic rings. The minimum atomic E-state index is -1.32. The third-order valence-electron chi connectivity index (χ3n) is 7.03. The zero-order valence-corrected chi connectivity index (χ0v) is 23.4. The van der Waals surface area contributed by atoms with Crippen LogP contribution < -0.4 is 5.32 Å². The summed E-state index contributed by atoms with van der Waals surface area (Å²) >= 11 is 0. The number of nitrogens with zero attached hydrogens (tertiary/aromatic N) is 3. The maximum absolute atomic E-state index is 12.9. The van der Waals surface area contributed by atoms with E-state index in [4.69, 9.17) is 0 Å². The molecule has 1 saturated heterocycles. The molecule has 2 atom stereocenters. The number of likely N-dealkylation sites (N-methyl/N-ethyl adjacent to an activating group) is 1. The molecule has 1 N–H and O–H groups in total. The maximum Gasteiger partial charge on any atom is 0.330 e. The molecule has 2 aromatic carbocycles. The minimum absolute atomic E-state index is 0.0152. The molecule has 38 heavy (non-hydrogen) atoms. The van der Waals surface area contributed by atoms with Crippen molar-refractivity contribution < 1.29 is 23.3 Å². The Hall–Kier alpha value is -3.08. The van der Waals surface area contributed by atoms with E-state index >= 15 is 0 Å². The number of esters is 1. The van der Waals surface area contributed by atoms with E-state index in [1.807, 2.05) is 0 Å². The Balaban J connectivity index is 1.52. The van der Waals surface area contributed by atoms with Crippen molar-refractivity contribution in [2.75, 3.05) is 53.1 Å². The van der Waals surface area contributed by atoms with E-state index in [1.54, 1.807) is 17.6 Å². The molecule has 9 nitrogen and oxygen atoms in total. The van der Waals surface area contributed by atoms with Crippen LogP contribution in [-0.4, -0.2) is 95.3 Å². The molecule has 2 amide bonds. The van der Waals surface area contributed by atoms with Crippen molar-refractivity contribution in [1.29, 1.82) is 0 Å². The van der Waals surface area contributed by atoms with Crippen molar-refractivity contribution in [2.45, 2.75) is 31.8 Å². The Bertz CT molecular complexity index is 1170. The molecule has 0 bridgehead atoms.